The Balaban J connectivity index is 2.39. The van der Waals surface area contributed by atoms with Gasteiger partial charge in [-0.25, -0.2) is 8.42 Å². The highest BCUT2D eigenvalue weighted by Gasteiger charge is 2.33. The SMILES string of the molecule is O=S(=O)(c1ccc(Br)cc1Br)N(CCO)C1CCCC1. The van der Waals surface area contributed by atoms with Crippen LogP contribution in [-0.4, -0.2) is 37.0 Å². The molecule has 0 atom stereocenters. The molecule has 1 N–H and O–H groups in total. The molecule has 0 unspecified atom stereocenters. The summed E-state index contributed by atoms with van der Waals surface area (Å²) in [6, 6.07) is 5.02. The topological polar surface area (TPSA) is 57.6 Å². The first kappa shape index (κ1) is 16.4. The minimum atomic E-state index is -3.59. The Morgan fingerprint density at radius 3 is 2.45 bits per heavy atom. The van der Waals surface area contributed by atoms with E-state index in [1.54, 1.807) is 18.2 Å². The molecule has 0 aromatic heterocycles. The van der Waals surface area contributed by atoms with Crippen molar-refractivity contribution in [3.05, 3.63) is 27.1 Å². The van der Waals surface area contributed by atoms with E-state index in [1.165, 1.54) is 4.31 Å². The van der Waals surface area contributed by atoms with Crippen molar-refractivity contribution in [2.24, 2.45) is 0 Å². The minimum Gasteiger partial charge on any atom is -0.395 e. The van der Waals surface area contributed by atoms with Gasteiger partial charge in [0.15, 0.2) is 0 Å². The van der Waals surface area contributed by atoms with Crippen LogP contribution < -0.4 is 0 Å². The van der Waals surface area contributed by atoms with Crippen LogP contribution in [0.5, 0.6) is 0 Å². The molecule has 1 aliphatic rings. The van der Waals surface area contributed by atoms with Crippen molar-refractivity contribution in [3.63, 3.8) is 0 Å². The number of aliphatic hydroxyl groups excluding tert-OH is 1. The Labute approximate surface area is 136 Å². The molecular weight excluding hydrogens is 410 g/mol. The van der Waals surface area contributed by atoms with Crippen molar-refractivity contribution in [1.29, 1.82) is 0 Å². The van der Waals surface area contributed by atoms with E-state index in [0.717, 1.165) is 30.2 Å². The second-order valence-corrected chi connectivity index (χ2v) is 8.48. The van der Waals surface area contributed by atoms with Gasteiger partial charge in [0.1, 0.15) is 0 Å². The molecule has 1 fully saturated rings. The van der Waals surface area contributed by atoms with Crippen molar-refractivity contribution >= 4 is 41.9 Å². The summed E-state index contributed by atoms with van der Waals surface area (Å²) in [4.78, 5) is 0.251. The van der Waals surface area contributed by atoms with Crippen molar-refractivity contribution in [2.75, 3.05) is 13.2 Å². The fourth-order valence-electron chi connectivity index (χ4n) is 2.60. The van der Waals surface area contributed by atoms with Crippen molar-refractivity contribution in [1.82, 2.24) is 4.31 Å². The number of halogens is 2. The Hall–Kier alpha value is 0.0500. The van der Waals surface area contributed by atoms with E-state index >= 15 is 0 Å². The largest absolute Gasteiger partial charge is 0.395 e. The van der Waals surface area contributed by atoms with Crippen LogP contribution in [0.4, 0.5) is 0 Å². The summed E-state index contributed by atoms with van der Waals surface area (Å²) in [7, 11) is -3.59. The molecule has 112 valence electrons. The van der Waals surface area contributed by atoms with Gasteiger partial charge in [-0.2, -0.15) is 4.31 Å². The van der Waals surface area contributed by atoms with Gasteiger partial charge in [0.25, 0.3) is 0 Å². The highest BCUT2D eigenvalue weighted by atomic mass is 79.9. The molecule has 1 aromatic carbocycles. The van der Waals surface area contributed by atoms with Crippen molar-refractivity contribution < 1.29 is 13.5 Å². The quantitative estimate of drug-likeness (QED) is 0.786. The number of hydrogen-bond acceptors (Lipinski definition) is 3. The fraction of sp³-hybridized carbons (Fsp3) is 0.538. The van der Waals surface area contributed by atoms with Crippen LogP contribution in [0.25, 0.3) is 0 Å². The third-order valence-corrected chi connectivity index (χ3v) is 6.95. The molecule has 20 heavy (non-hydrogen) atoms. The maximum Gasteiger partial charge on any atom is 0.244 e. The Bertz CT molecular complexity index is 571. The number of nitrogens with zero attached hydrogens (tertiary/aromatic N) is 1. The van der Waals surface area contributed by atoms with Crippen LogP contribution in [0.15, 0.2) is 32.0 Å². The highest BCUT2D eigenvalue weighted by Crippen LogP contribution is 2.32. The van der Waals surface area contributed by atoms with Crippen molar-refractivity contribution in [3.8, 4) is 0 Å². The van der Waals surface area contributed by atoms with E-state index in [4.69, 9.17) is 0 Å². The standard InChI is InChI=1S/C13H17Br2NO3S/c14-10-5-6-13(12(15)9-10)20(18,19)16(7-8-17)11-3-1-2-4-11/h5-6,9,11,17H,1-4,7-8H2. The molecule has 4 nitrogen and oxygen atoms in total. The molecule has 0 spiro atoms. The summed E-state index contributed by atoms with van der Waals surface area (Å²) in [5.41, 5.74) is 0. The summed E-state index contributed by atoms with van der Waals surface area (Å²) in [5, 5.41) is 9.20. The number of rotatable bonds is 5. The molecule has 2 rings (SSSR count). The highest BCUT2D eigenvalue weighted by molar-refractivity contribution is 9.11. The molecule has 0 saturated heterocycles. The van der Waals surface area contributed by atoms with Crippen LogP contribution in [0.1, 0.15) is 25.7 Å². The summed E-state index contributed by atoms with van der Waals surface area (Å²) in [5.74, 6) is 0. The second kappa shape index (κ2) is 6.87. The predicted octanol–water partition coefficient (Wildman–Crippen LogP) is 3.14. The van der Waals surface area contributed by atoms with Gasteiger partial charge in [0, 0.05) is 21.5 Å². The summed E-state index contributed by atoms with van der Waals surface area (Å²) >= 11 is 6.63. The van der Waals surface area contributed by atoms with Gasteiger partial charge in [-0.3, -0.25) is 0 Å². The van der Waals surface area contributed by atoms with Gasteiger partial charge in [-0.15, -0.1) is 0 Å². The van der Waals surface area contributed by atoms with Gasteiger partial charge in [-0.1, -0.05) is 28.8 Å². The van der Waals surface area contributed by atoms with E-state index in [2.05, 4.69) is 31.9 Å². The average molecular weight is 427 g/mol. The monoisotopic (exact) mass is 425 g/mol. The van der Waals surface area contributed by atoms with Gasteiger partial charge in [0.2, 0.25) is 10.0 Å². The van der Waals surface area contributed by atoms with E-state index in [9.17, 15) is 13.5 Å². The minimum absolute atomic E-state index is 0.00250. The molecule has 1 saturated carbocycles. The summed E-state index contributed by atoms with van der Waals surface area (Å²) < 4.78 is 28.4. The average Bonchev–Trinajstić information content (AvgIpc) is 2.88. The molecule has 0 heterocycles. The third-order valence-electron chi connectivity index (χ3n) is 3.53. The molecule has 7 heteroatoms. The lowest BCUT2D eigenvalue weighted by atomic mass is 10.2. The molecule has 1 aliphatic carbocycles. The zero-order valence-corrected chi connectivity index (χ0v) is 14.9. The number of benzene rings is 1. The van der Waals surface area contributed by atoms with E-state index < -0.39 is 10.0 Å². The van der Waals surface area contributed by atoms with Crippen LogP contribution in [0.2, 0.25) is 0 Å². The smallest absolute Gasteiger partial charge is 0.244 e. The molecular formula is C13H17Br2NO3S. The summed E-state index contributed by atoms with van der Waals surface area (Å²) in [6.45, 7) is -0.0145. The first-order valence-corrected chi connectivity index (χ1v) is 9.57. The molecule has 1 aromatic rings. The lowest BCUT2D eigenvalue weighted by Crippen LogP contribution is -2.40. The third kappa shape index (κ3) is 3.44. The van der Waals surface area contributed by atoms with E-state index in [-0.39, 0.29) is 24.1 Å². The Kier molecular flexibility index (Phi) is 5.64. The first-order valence-electron chi connectivity index (χ1n) is 6.54. The predicted molar refractivity (Wildman–Crippen MR) is 85.1 cm³/mol. The maximum absolute atomic E-state index is 12.8. The second-order valence-electron chi connectivity index (χ2n) is 4.85. The van der Waals surface area contributed by atoms with Gasteiger partial charge < -0.3 is 5.11 Å². The number of aliphatic hydroxyl groups is 1. The zero-order chi connectivity index (χ0) is 14.8. The van der Waals surface area contributed by atoms with Crippen LogP contribution in [-0.2, 0) is 10.0 Å². The zero-order valence-electron chi connectivity index (χ0n) is 10.9. The van der Waals surface area contributed by atoms with Gasteiger partial charge >= 0.3 is 0 Å². The molecule has 0 bridgehead atoms. The lowest BCUT2D eigenvalue weighted by molar-refractivity contribution is 0.226. The number of sulfonamides is 1. The Morgan fingerprint density at radius 2 is 1.90 bits per heavy atom. The number of hydrogen-bond donors (Lipinski definition) is 1. The van der Waals surface area contributed by atoms with Crippen LogP contribution in [0.3, 0.4) is 0 Å². The Morgan fingerprint density at radius 1 is 1.25 bits per heavy atom. The fourth-order valence-corrected chi connectivity index (χ4v) is 5.98. The van der Waals surface area contributed by atoms with Crippen LogP contribution in [0, 0.1) is 0 Å². The van der Waals surface area contributed by atoms with Crippen molar-refractivity contribution in [2.45, 2.75) is 36.6 Å². The normalized spacial score (nSPS) is 17.0. The van der Waals surface area contributed by atoms with Crippen LogP contribution >= 0.6 is 31.9 Å². The summed E-state index contributed by atoms with van der Waals surface area (Å²) in [6.07, 6.45) is 3.83. The first-order chi connectivity index (χ1) is 9.46. The molecule has 0 radical (unpaired) electrons. The molecule has 0 aliphatic heterocycles. The maximum atomic E-state index is 12.8. The molecule has 0 amide bonds. The van der Waals surface area contributed by atoms with E-state index in [0.29, 0.717) is 4.47 Å². The van der Waals surface area contributed by atoms with E-state index in [1.807, 2.05) is 0 Å². The lowest BCUT2D eigenvalue weighted by Gasteiger charge is -2.27. The van der Waals surface area contributed by atoms with Gasteiger partial charge in [0.05, 0.1) is 11.5 Å². The van der Waals surface area contributed by atoms with Gasteiger partial charge in [-0.05, 0) is 47.0 Å².